The molecule has 9 heteroatoms. The number of tetrazole rings is 1. The first kappa shape index (κ1) is 20.2. The van der Waals surface area contributed by atoms with Crippen molar-refractivity contribution in [2.75, 3.05) is 11.6 Å². The van der Waals surface area contributed by atoms with Crippen LogP contribution in [0.3, 0.4) is 0 Å². The predicted octanol–water partition coefficient (Wildman–Crippen LogP) is 4.47. The van der Waals surface area contributed by atoms with Crippen LogP contribution in [0.25, 0.3) is 28.2 Å². The van der Waals surface area contributed by atoms with E-state index in [-0.39, 0.29) is 0 Å². The predicted molar refractivity (Wildman–Crippen MR) is 127 cm³/mol. The number of aromatic amines is 1. The van der Waals surface area contributed by atoms with Gasteiger partial charge in [-0.25, -0.2) is 4.98 Å². The highest BCUT2D eigenvalue weighted by molar-refractivity contribution is 7.98. The van der Waals surface area contributed by atoms with Gasteiger partial charge in [0, 0.05) is 29.9 Å². The Bertz CT molecular complexity index is 1340. The molecule has 0 fully saturated rings. The maximum atomic E-state index is 4.68. The lowest BCUT2D eigenvalue weighted by Gasteiger charge is -2.11. The van der Waals surface area contributed by atoms with E-state index < -0.39 is 0 Å². The van der Waals surface area contributed by atoms with Crippen LogP contribution in [0.1, 0.15) is 18.2 Å². The van der Waals surface area contributed by atoms with Crippen LogP contribution >= 0.6 is 11.8 Å². The number of aryl methyl sites for hydroxylation is 1. The Kier molecular flexibility index (Phi) is 5.55. The van der Waals surface area contributed by atoms with Gasteiger partial charge in [0.05, 0.1) is 0 Å². The van der Waals surface area contributed by atoms with Crippen LogP contribution in [0, 0.1) is 0 Å². The minimum Gasteiger partial charge on any atom is -0.366 e. The lowest BCUT2D eigenvalue weighted by Crippen LogP contribution is -2.07. The maximum Gasteiger partial charge on any atom is 0.205 e. The van der Waals surface area contributed by atoms with Gasteiger partial charge in [0.15, 0.2) is 5.65 Å². The molecule has 0 saturated carbocycles. The van der Waals surface area contributed by atoms with E-state index in [9.17, 15) is 0 Å². The molecule has 0 spiro atoms. The first-order valence-corrected chi connectivity index (χ1v) is 11.6. The zero-order chi connectivity index (χ0) is 21.9. The van der Waals surface area contributed by atoms with Crippen molar-refractivity contribution in [3.8, 4) is 22.5 Å². The fourth-order valence-electron chi connectivity index (χ4n) is 3.61. The normalized spacial score (nSPS) is 11.2. The lowest BCUT2D eigenvalue weighted by molar-refractivity contribution is 0.868. The number of aromatic nitrogens is 7. The molecule has 0 amide bonds. The van der Waals surface area contributed by atoms with Gasteiger partial charge < -0.3 is 5.32 Å². The molecule has 0 unspecified atom stereocenters. The number of hydrogen-bond donors (Lipinski definition) is 2. The molecule has 3 aromatic heterocycles. The maximum absolute atomic E-state index is 4.68. The molecule has 0 radical (unpaired) electrons. The minimum absolute atomic E-state index is 0.587. The lowest BCUT2D eigenvalue weighted by atomic mass is 9.98. The third-order valence-electron chi connectivity index (χ3n) is 5.28. The van der Waals surface area contributed by atoms with Gasteiger partial charge in [-0.05, 0) is 34.6 Å². The largest absolute Gasteiger partial charge is 0.366 e. The van der Waals surface area contributed by atoms with Crippen molar-refractivity contribution in [3.63, 3.8) is 0 Å². The first-order valence-electron chi connectivity index (χ1n) is 10.3. The average molecular weight is 443 g/mol. The number of fused-ring (bicyclic) bond motifs is 1. The van der Waals surface area contributed by atoms with Gasteiger partial charge in [-0.3, -0.25) is 0 Å². The fraction of sp³-hybridized carbons (Fsp3) is 0.174. The first-order chi connectivity index (χ1) is 15.7. The Hall–Kier alpha value is -3.72. The summed E-state index contributed by atoms with van der Waals surface area (Å²) in [6.07, 6.45) is 2.90. The number of H-pyrrole nitrogens is 1. The summed E-state index contributed by atoms with van der Waals surface area (Å²) in [7, 11) is 0. The standard InChI is InChI=1S/C23H22N8S/c1-3-17-12-20(31-21(25-17)13-22(28-31)32-2)24-14-15-8-10-16(11-9-15)18-6-4-5-7-19(18)23-26-29-30-27-23/h4-13,24H,3,14H2,1-2H3,(H,26,27,29,30). The summed E-state index contributed by atoms with van der Waals surface area (Å²) in [6.45, 7) is 2.79. The molecule has 0 aliphatic heterocycles. The molecule has 5 aromatic rings. The summed E-state index contributed by atoms with van der Waals surface area (Å²) in [5.74, 6) is 1.53. The molecule has 160 valence electrons. The molecule has 0 saturated heterocycles. The number of rotatable bonds is 7. The van der Waals surface area contributed by atoms with Crippen molar-refractivity contribution in [2.24, 2.45) is 0 Å². The van der Waals surface area contributed by atoms with Crippen molar-refractivity contribution >= 4 is 23.2 Å². The van der Waals surface area contributed by atoms with E-state index in [0.717, 1.165) is 45.3 Å². The van der Waals surface area contributed by atoms with E-state index in [2.05, 4.69) is 79.3 Å². The molecular formula is C23H22N8S. The molecule has 8 nitrogen and oxygen atoms in total. The van der Waals surface area contributed by atoms with E-state index in [0.29, 0.717) is 12.4 Å². The number of nitrogens with one attached hydrogen (secondary N) is 2. The summed E-state index contributed by atoms with van der Waals surface area (Å²) >= 11 is 1.62. The molecule has 0 atom stereocenters. The smallest absolute Gasteiger partial charge is 0.205 e. The van der Waals surface area contributed by atoms with E-state index >= 15 is 0 Å². The summed E-state index contributed by atoms with van der Waals surface area (Å²) in [6, 6.07) is 20.7. The van der Waals surface area contributed by atoms with Crippen LogP contribution in [0.15, 0.2) is 65.7 Å². The Labute approximate surface area is 189 Å². The van der Waals surface area contributed by atoms with Gasteiger partial charge in [0.2, 0.25) is 5.82 Å². The van der Waals surface area contributed by atoms with Crippen LogP contribution in [0.5, 0.6) is 0 Å². The van der Waals surface area contributed by atoms with Gasteiger partial charge in [-0.15, -0.1) is 22.0 Å². The van der Waals surface area contributed by atoms with Crippen molar-refractivity contribution < 1.29 is 0 Å². The Morgan fingerprint density at radius 1 is 1.03 bits per heavy atom. The second-order valence-electron chi connectivity index (χ2n) is 7.27. The fourth-order valence-corrected chi connectivity index (χ4v) is 4.00. The second-order valence-corrected chi connectivity index (χ2v) is 8.10. The average Bonchev–Trinajstić information content (AvgIpc) is 3.53. The third-order valence-corrected chi connectivity index (χ3v) is 5.90. The highest BCUT2D eigenvalue weighted by atomic mass is 32.2. The highest BCUT2D eigenvalue weighted by Crippen LogP contribution is 2.30. The Morgan fingerprint density at radius 2 is 1.84 bits per heavy atom. The molecule has 5 rings (SSSR count). The van der Waals surface area contributed by atoms with Crippen LogP contribution in [-0.4, -0.2) is 41.5 Å². The molecule has 0 bridgehead atoms. The van der Waals surface area contributed by atoms with E-state index in [1.54, 1.807) is 11.8 Å². The van der Waals surface area contributed by atoms with E-state index in [1.807, 2.05) is 35.0 Å². The number of thioether (sulfide) groups is 1. The topological polar surface area (TPSA) is 96.7 Å². The van der Waals surface area contributed by atoms with Crippen LogP contribution < -0.4 is 5.32 Å². The van der Waals surface area contributed by atoms with Crippen LogP contribution in [0.4, 0.5) is 5.82 Å². The van der Waals surface area contributed by atoms with Crippen molar-refractivity contribution in [3.05, 3.63) is 71.9 Å². The summed E-state index contributed by atoms with van der Waals surface area (Å²) in [5.41, 5.74) is 6.20. The van der Waals surface area contributed by atoms with E-state index in [1.165, 1.54) is 5.56 Å². The number of anilines is 1. The molecule has 2 N–H and O–H groups in total. The molecule has 0 aliphatic carbocycles. The SMILES string of the molecule is CCc1cc(NCc2ccc(-c3ccccc3-c3nn[nH]n3)cc2)n2nc(SC)cc2n1. The molecule has 32 heavy (non-hydrogen) atoms. The van der Waals surface area contributed by atoms with Crippen LogP contribution in [0.2, 0.25) is 0 Å². The third kappa shape index (κ3) is 3.94. The minimum atomic E-state index is 0.587. The summed E-state index contributed by atoms with van der Waals surface area (Å²) in [4.78, 5) is 4.68. The summed E-state index contributed by atoms with van der Waals surface area (Å²) in [5, 5.41) is 23.6. The van der Waals surface area contributed by atoms with Gasteiger partial charge in [-0.2, -0.15) is 14.8 Å². The Balaban J connectivity index is 1.38. The molecule has 3 heterocycles. The van der Waals surface area contributed by atoms with Crippen LogP contribution in [-0.2, 0) is 13.0 Å². The number of hydrogen-bond acceptors (Lipinski definition) is 7. The van der Waals surface area contributed by atoms with Crippen molar-refractivity contribution in [2.45, 2.75) is 24.9 Å². The zero-order valence-electron chi connectivity index (χ0n) is 17.8. The molecular weight excluding hydrogens is 420 g/mol. The highest BCUT2D eigenvalue weighted by Gasteiger charge is 2.11. The zero-order valence-corrected chi connectivity index (χ0v) is 18.6. The van der Waals surface area contributed by atoms with Crippen molar-refractivity contribution in [1.29, 1.82) is 0 Å². The van der Waals surface area contributed by atoms with Gasteiger partial charge >= 0.3 is 0 Å². The monoisotopic (exact) mass is 442 g/mol. The number of benzene rings is 2. The summed E-state index contributed by atoms with van der Waals surface area (Å²) < 4.78 is 1.88. The Morgan fingerprint density at radius 3 is 2.56 bits per heavy atom. The van der Waals surface area contributed by atoms with Gasteiger partial charge in [-0.1, -0.05) is 55.5 Å². The second kappa shape index (κ2) is 8.80. The quantitative estimate of drug-likeness (QED) is 0.359. The van der Waals surface area contributed by atoms with Gasteiger partial charge in [0.1, 0.15) is 10.8 Å². The molecule has 0 aliphatic rings. The van der Waals surface area contributed by atoms with Gasteiger partial charge in [0.25, 0.3) is 0 Å². The molecule has 2 aromatic carbocycles. The van der Waals surface area contributed by atoms with Crippen molar-refractivity contribution in [1.82, 2.24) is 35.2 Å². The number of nitrogens with zero attached hydrogens (tertiary/aromatic N) is 6. The van der Waals surface area contributed by atoms with E-state index in [4.69, 9.17) is 0 Å².